The first-order valence-electron chi connectivity index (χ1n) is 7.46. The molecule has 1 N–H and O–H groups in total. The topological polar surface area (TPSA) is 20.2 Å². The molecule has 0 amide bonds. The van der Waals surface area contributed by atoms with Crippen molar-refractivity contribution < 1.29 is 5.11 Å². The standard InChI is InChI=1S/C15H32O/c1-3-5-6-7-8-9-10-11-12-13-15(4-2)14-16/h15-16H,3-14H2,1-2H3. The van der Waals surface area contributed by atoms with Gasteiger partial charge in [0.05, 0.1) is 0 Å². The lowest BCUT2D eigenvalue weighted by atomic mass is 9.98. The van der Waals surface area contributed by atoms with Crippen molar-refractivity contribution in [3.8, 4) is 0 Å². The number of aliphatic hydroxyl groups is 1. The van der Waals surface area contributed by atoms with Crippen LogP contribution in [0.5, 0.6) is 0 Å². The van der Waals surface area contributed by atoms with Crippen LogP contribution in [0, 0.1) is 5.92 Å². The summed E-state index contributed by atoms with van der Waals surface area (Å²) in [7, 11) is 0. The summed E-state index contributed by atoms with van der Waals surface area (Å²) in [5.74, 6) is 0.560. The Bertz CT molecular complexity index is 119. The molecule has 0 aliphatic carbocycles. The molecule has 1 heteroatoms. The highest BCUT2D eigenvalue weighted by Gasteiger charge is 2.03. The third kappa shape index (κ3) is 10.5. The molecule has 0 saturated heterocycles. The predicted molar refractivity (Wildman–Crippen MR) is 72.7 cm³/mol. The van der Waals surface area contributed by atoms with E-state index in [2.05, 4.69) is 13.8 Å². The highest BCUT2D eigenvalue weighted by Crippen LogP contribution is 2.15. The second-order valence-electron chi connectivity index (χ2n) is 5.07. The van der Waals surface area contributed by atoms with Crippen molar-refractivity contribution in [1.82, 2.24) is 0 Å². The molecule has 0 bridgehead atoms. The zero-order valence-corrected chi connectivity index (χ0v) is 11.5. The zero-order chi connectivity index (χ0) is 12.1. The first-order chi connectivity index (χ1) is 7.85. The van der Waals surface area contributed by atoms with Crippen LogP contribution in [0.1, 0.15) is 84.5 Å². The van der Waals surface area contributed by atoms with Crippen LogP contribution in [0.2, 0.25) is 0 Å². The van der Waals surface area contributed by atoms with Crippen molar-refractivity contribution in [2.75, 3.05) is 6.61 Å². The average molecular weight is 228 g/mol. The molecule has 0 saturated carbocycles. The predicted octanol–water partition coefficient (Wildman–Crippen LogP) is 4.93. The van der Waals surface area contributed by atoms with Crippen LogP contribution in [0.3, 0.4) is 0 Å². The van der Waals surface area contributed by atoms with E-state index < -0.39 is 0 Å². The van der Waals surface area contributed by atoms with Gasteiger partial charge in [0.25, 0.3) is 0 Å². The van der Waals surface area contributed by atoms with Gasteiger partial charge >= 0.3 is 0 Å². The molecule has 0 fully saturated rings. The van der Waals surface area contributed by atoms with Crippen LogP contribution in [-0.4, -0.2) is 11.7 Å². The number of aliphatic hydroxyl groups excluding tert-OH is 1. The van der Waals surface area contributed by atoms with Crippen LogP contribution in [0.4, 0.5) is 0 Å². The molecule has 0 aromatic heterocycles. The molecule has 1 unspecified atom stereocenters. The Morgan fingerprint density at radius 3 is 1.69 bits per heavy atom. The minimum Gasteiger partial charge on any atom is -0.396 e. The van der Waals surface area contributed by atoms with Gasteiger partial charge in [0.2, 0.25) is 0 Å². The minimum atomic E-state index is 0.382. The van der Waals surface area contributed by atoms with E-state index in [4.69, 9.17) is 5.11 Å². The lowest BCUT2D eigenvalue weighted by Crippen LogP contribution is -2.03. The third-order valence-corrected chi connectivity index (χ3v) is 3.55. The van der Waals surface area contributed by atoms with Crippen molar-refractivity contribution in [3.05, 3.63) is 0 Å². The van der Waals surface area contributed by atoms with E-state index in [0.29, 0.717) is 12.5 Å². The molecule has 1 nitrogen and oxygen atoms in total. The molecule has 0 spiro atoms. The third-order valence-electron chi connectivity index (χ3n) is 3.55. The van der Waals surface area contributed by atoms with E-state index in [9.17, 15) is 0 Å². The van der Waals surface area contributed by atoms with E-state index in [1.807, 2.05) is 0 Å². The van der Waals surface area contributed by atoms with Gasteiger partial charge in [-0.05, 0) is 12.3 Å². The molecule has 98 valence electrons. The normalized spacial score (nSPS) is 12.9. The van der Waals surface area contributed by atoms with Crippen LogP contribution in [0.25, 0.3) is 0 Å². The summed E-state index contributed by atoms with van der Waals surface area (Å²) in [5, 5.41) is 9.05. The zero-order valence-electron chi connectivity index (χ0n) is 11.5. The van der Waals surface area contributed by atoms with Crippen molar-refractivity contribution >= 4 is 0 Å². The molecule has 0 heterocycles. The summed E-state index contributed by atoms with van der Waals surface area (Å²) < 4.78 is 0. The van der Waals surface area contributed by atoms with E-state index in [0.717, 1.165) is 6.42 Å². The second kappa shape index (κ2) is 13.0. The number of hydrogen-bond acceptors (Lipinski definition) is 1. The van der Waals surface area contributed by atoms with E-state index in [1.165, 1.54) is 64.2 Å². The van der Waals surface area contributed by atoms with Crippen molar-refractivity contribution in [3.63, 3.8) is 0 Å². The number of unbranched alkanes of at least 4 members (excludes halogenated alkanes) is 8. The molecule has 0 aliphatic heterocycles. The van der Waals surface area contributed by atoms with Gasteiger partial charge < -0.3 is 5.11 Å². The monoisotopic (exact) mass is 228 g/mol. The summed E-state index contributed by atoms with van der Waals surface area (Å²) >= 11 is 0. The SMILES string of the molecule is CCCCCCCCCCCC(CC)CO. The molecule has 0 radical (unpaired) electrons. The van der Waals surface area contributed by atoms with Gasteiger partial charge in [0, 0.05) is 6.61 Å². The van der Waals surface area contributed by atoms with Gasteiger partial charge in [-0.3, -0.25) is 0 Å². The molecule has 0 rings (SSSR count). The smallest absolute Gasteiger partial charge is 0.0459 e. The first-order valence-corrected chi connectivity index (χ1v) is 7.46. The van der Waals surface area contributed by atoms with E-state index in [-0.39, 0.29) is 0 Å². The maximum atomic E-state index is 9.05. The van der Waals surface area contributed by atoms with Crippen molar-refractivity contribution in [2.24, 2.45) is 5.92 Å². The van der Waals surface area contributed by atoms with E-state index in [1.54, 1.807) is 0 Å². The molecular weight excluding hydrogens is 196 g/mol. The first kappa shape index (κ1) is 16.0. The van der Waals surface area contributed by atoms with Gasteiger partial charge in [-0.1, -0.05) is 78.1 Å². The summed E-state index contributed by atoms with van der Waals surface area (Å²) in [5.41, 5.74) is 0. The average Bonchev–Trinajstić information content (AvgIpc) is 2.32. The van der Waals surface area contributed by atoms with Gasteiger partial charge in [-0.25, -0.2) is 0 Å². The summed E-state index contributed by atoms with van der Waals surface area (Å²) in [4.78, 5) is 0. The van der Waals surface area contributed by atoms with Crippen LogP contribution < -0.4 is 0 Å². The Morgan fingerprint density at radius 2 is 1.25 bits per heavy atom. The Labute approximate surface area is 103 Å². The minimum absolute atomic E-state index is 0.382. The number of rotatable bonds is 12. The Hall–Kier alpha value is -0.0400. The quantitative estimate of drug-likeness (QED) is 0.470. The Morgan fingerprint density at radius 1 is 0.750 bits per heavy atom. The largest absolute Gasteiger partial charge is 0.396 e. The second-order valence-corrected chi connectivity index (χ2v) is 5.07. The molecule has 1 atom stereocenters. The lowest BCUT2D eigenvalue weighted by Gasteiger charge is -2.10. The molecule has 16 heavy (non-hydrogen) atoms. The van der Waals surface area contributed by atoms with E-state index >= 15 is 0 Å². The fourth-order valence-electron chi connectivity index (χ4n) is 2.17. The van der Waals surface area contributed by atoms with Gasteiger partial charge in [-0.2, -0.15) is 0 Å². The van der Waals surface area contributed by atoms with Gasteiger partial charge in [-0.15, -0.1) is 0 Å². The van der Waals surface area contributed by atoms with Crippen LogP contribution >= 0.6 is 0 Å². The maximum Gasteiger partial charge on any atom is 0.0459 e. The van der Waals surface area contributed by atoms with Crippen molar-refractivity contribution in [1.29, 1.82) is 0 Å². The fraction of sp³-hybridized carbons (Fsp3) is 1.00. The van der Waals surface area contributed by atoms with Gasteiger partial charge in [0.15, 0.2) is 0 Å². The highest BCUT2D eigenvalue weighted by molar-refractivity contribution is 4.55. The van der Waals surface area contributed by atoms with Crippen molar-refractivity contribution in [2.45, 2.75) is 84.5 Å². The summed E-state index contributed by atoms with van der Waals surface area (Å²) in [6, 6.07) is 0. The Balaban J connectivity index is 3.03. The Kier molecular flexibility index (Phi) is 13.0. The van der Waals surface area contributed by atoms with Crippen LogP contribution in [-0.2, 0) is 0 Å². The van der Waals surface area contributed by atoms with Gasteiger partial charge in [0.1, 0.15) is 0 Å². The lowest BCUT2D eigenvalue weighted by molar-refractivity contribution is 0.211. The molecule has 0 aromatic rings. The highest BCUT2D eigenvalue weighted by atomic mass is 16.3. The molecular formula is C15H32O. The fourth-order valence-corrected chi connectivity index (χ4v) is 2.17. The summed E-state index contributed by atoms with van der Waals surface area (Å²) in [6.45, 7) is 4.83. The van der Waals surface area contributed by atoms with Crippen LogP contribution in [0.15, 0.2) is 0 Å². The number of hydrogen-bond donors (Lipinski definition) is 1. The molecule has 0 aliphatic rings. The summed E-state index contributed by atoms with van der Waals surface area (Å²) in [6.07, 6.45) is 14.9. The molecule has 0 aromatic carbocycles. The maximum absolute atomic E-state index is 9.05.